The average molecular weight is 292 g/mol. The third-order valence-electron chi connectivity index (χ3n) is 3.70. The van der Waals surface area contributed by atoms with Crippen molar-refractivity contribution in [3.63, 3.8) is 0 Å². The van der Waals surface area contributed by atoms with Gasteiger partial charge in [0.05, 0.1) is 7.11 Å². The molecular weight excluding hydrogens is 264 g/mol. The molecule has 0 saturated heterocycles. The largest absolute Gasteiger partial charge is 0.497 e. The third kappa shape index (κ3) is 7.14. The molecule has 0 fully saturated rings. The van der Waals surface area contributed by atoms with Crippen molar-refractivity contribution in [1.82, 2.24) is 5.32 Å². The van der Waals surface area contributed by atoms with Gasteiger partial charge in [-0.1, -0.05) is 31.9 Å². The highest BCUT2D eigenvalue weighted by molar-refractivity contribution is 5.75. The van der Waals surface area contributed by atoms with Crippen LogP contribution in [0.3, 0.4) is 0 Å². The molecule has 1 aromatic carbocycles. The van der Waals surface area contributed by atoms with Crippen LogP contribution in [-0.4, -0.2) is 19.6 Å². The molecule has 0 aliphatic heterocycles. The van der Waals surface area contributed by atoms with Crippen molar-refractivity contribution in [2.24, 2.45) is 11.7 Å². The Bertz CT molecular complexity index is 398. The summed E-state index contributed by atoms with van der Waals surface area (Å²) >= 11 is 0. The Hall–Kier alpha value is -1.55. The first-order chi connectivity index (χ1) is 10.2. The Balaban J connectivity index is 2.29. The molecule has 0 radical (unpaired) electrons. The van der Waals surface area contributed by atoms with Gasteiger partial charge in [0.25, 0.3) is 0 Å². The van der Waals surface area contributed by atoms with Crippen molar-refractivity contribution < 1.29 is 9.53 Å². The molecule has 1 rings (SSSR count). The van der Waals surface area contributed by atoms with E-state index in [1.807, 2.05) is 24.3 Å². The van der Waals surface area contributed by atoms with Crippen LogP contribution in [0, 0.1) is 5.92 Å². The first-order valence-corrected chi connectivity index (χ1v) is 7.79. The lowest BCUT2D eigenvalue weighted by Crippen LogP contribution is -2.23. The summed E-state index contributed by atoms with van der Waals surface area (Å²) in [5, 5.41) is 2.97. The highest BCUT2D eigenvalue weighted by Crippen LogP contribution is 2.17. The molecule has 0 spiro atoms. The van der Waals surface area contributed by atoms with Gasteiger partial charge < -0.3 is 15.8 Å². The fraction of sp³-hybridized carbons (Fsp3) is 0.588. The Labute approximate surface area is 128 Å². The standard InChI is InChI=1S/C17H28N2O2/c1-3-4-14(11-12-18)7-10-17(20)19-13-15-5-8-16(21-2)9-6-15/h5-6,8-9,14H,3-4,7,10-13,18H2,1-2H3,(H,19,20). The Morgan fingerprint density at radius 2 is 1.95 bits per heavy atom. The number of carbonyl (C=O) groups excluding carboxylic acids is 1. The van der Waals surface area contributed by atoms with Crippen LogP contribution in [0.2, 0.25) is 0 Å². The van der Waals surface area contributed by atoms with E-state index >= 15 is 0 Å². The van der Waals surface area contributed by atoms with Crippen LogP contribution in [0.1, 0.15) is 44.6 Å². The molecule has 1 amide bonds. The summed E-state index contributed by atoms with van der Waals surface area (Å²) in [6, 6.07) is 7.74. The second kappa shape index (κ2) is 10.2. The van der Waals surface area contributed by atoms with E-state index in [1.165, 1.54) is 0 Å². The highest BCUT2D eigenvalue weighted by Gasteiger charge is 2.10. The molecule has 0 saturated carbocycles. The van der Waals surface area contributed by atoms with Gasteiger partial charge in [0, 0.05) is 13.0 Å². The fourth-order valence-electron chi connectivity index (χ4n) is 2.44. The molecule has 1 atom stereocenters. The smallest absolute Gasteiger partial charge is 0.220 e. The number of amides is 1. The van der Waals surface area contributed by atoms with Crippen LogP contribution >= 0.6 is 0 Å². The molecular formula is C17H28N2O2. The van der Waals surface area contributed by atoms with Gasteiger partial charge in [0.1, 0.15) is 5.75 Å². The van der Waals surface area contributed by atoms with Gasteiger partial charge in [-0.25, -0.2) is 0 Å². The maximum atomic E-state index is 11.9. The van der Waals surface area contributed by atoms with E-state index in [4.69, 9.17) is 10.5 Å². The molecule has 0 aromatic heterocycles. The summed E-state index contributed by atoms with van der Waals surface area (Å²) in [5.74, 6) is 1.52. The van der Waals surface area contributed by atoms with Crippen LogP contribution in [-0.2, 0) is 11.3 Å². The minimum atomic E-state index is 0.115. The number of rotatable bonds is 10. The molecule has 4 heteroatoms. The average Bonchev–Trinajstić information content (AvgIpc) is 2.51. The number of methoxy groups -OCH3 is 1. The normalized spacial score (nSPS) is 12.0. The van der Waals surface area contributed by atoms with E-state index in [2.05, 4.69) is 12.2 Å². The Kier molecular flexibility index (Phi) is 8.51. The van der Waals surface area contributed by atoms with Crippen molar-refractivity contribution in [3.8, 4) is 5.75 Å². The summed E-state index contributed by atoms with van der Waals surface area (Å²) in [4.78, 5) is 11.9. The Morgan fingerprint density at radius 3 is 2.52 bits per heavy atom. The van der Waals surface area contributed by atoms with E-state index in [0.29, 0.717) is 25.4 Å². The van der Waals surface area contributed by atoms with E-state index in [1.54, 1.807) is 7.11 Å². The van der Waals surface area contributed by atoms with Crippen LogP contribution < -0.4 is 15.8 Å². The topological polar surface area (TPSA) is 64.4 Å². The second-order valence-corrected chi connectivity index (χ2v) is 5.40. The first kappa shape index (κ1) is 17.5. The van der Waals surface area contributed by atoms with Crippen molar-refractivity contribution in [1.29, 1.82) is 0 Å². The van der Waals surface area contributed by atoms with Crippen LogP contribution in [0.25, 0.3) is 0 Å². The van der Waals surface area contributed by atoms with Gasteiger partial charge in [-0.15, -0.1) is 0 Å². The molecule has 21 heavy (non-hydrogen) atoms. The van der Waals surface area contributed by atoms with Gasteiger partial charge in [-0.05, 0) is 43.0 Å². The van der Waals surface area contributed by atoms with E-state index in [-0.39, 0.29) is 5.91 Å². The van der Waals surface area contributed by atoms with E-state index in [0.717, 1.165) is 37.0 Å². The predicted octanol–water partition coefficient (Wildman–Crippen LogP) is 2.86. The highest BCUT2D eigenvalue weighted by atomic mass is 16.5. The molecule has 118 valence electrons. The number of nitrogens with one attached hydrogen (secondary N) is 1. The quantitative estimate of drug-likeness (QED) is 0.697. The van der Waals surface area contributed by atoms with Gasteiger partial charge in [0.15, 0.2) is 0 Å². The van der Waals surface area contributed by atoms with Gasteiger partial charge >= 0.3 is 0 Å². The zero-order valence-corrected chi connectivity index (χ0v) is 13.2. The predicted molar refractivity (Wildman–Crippen MR) is 86.1 cm³/mol. The van der Waals surface area contributed by atoms with Crippen molar-refractivity contribution >= 4 is 5.91 Å². The lowest BCUT2D eigenvalue weighted by Gasteiger charge is -2.14. The minimum absolute atomic E-state index is 0.115. The zero-order chi connectivity index (χ0) is 15.5. The lowest BCUT2D eigenvalue weighted by molar-refractivity contribution is -0.121. The molecule has 0 heterocycles. The zero-order valence-electron chi connectivity index (χ0n) is 13.2. The first-order valence-electron chi connectivity index (χ1n) is 7.79. The van der Waals surface area contributed by atoms with Crippen molar-refractivity contribution in [2.45, 2.75) is 45.6 Å². The number of ether oxygens (including phenoxy) is 1. The SMILES string of the molecule is CCCC(CCN)CCC(=O)NCc1ccc(OC)cc1. The molecule has 4 nitrogen and oxygen atoms in total. The minimum Gasteiger partial charge on any atom is -0.497 e. The van der Waals surface area contributed by atoms with Gasteiger partial charge in [-0.2, -0.15) is 0 Å². The summed E-state index contributed by atoms with van der Waals surface area (Å²) < 4.78 is 5.11. The van der Waals surface area contributed by atoms with Crippen molar-refractivity contribution in [3.05, 3.63) is 29.8 Å². The monoisotopic (exact) mass is 292 g/mol. The van der Waals surface area contributed by atoms with Gasteiger partial charge in [0.2, 0.25) is 5.91 Å². The maximum absolute atomic E-state index is 11.9. The van der Waals surface area contributed by atoms with Crippen LogP contribution in [0.15, 0.2) is 24.3 Å². The molecule has 1 aromatic rings. The summed E-state index contributed by atoms with van der Waals surface area (Å²) in [7, 11) is 1.64. The molecule has 0 bridgehead atoms. The molecule has 0 aliphatic carbocycles. The Morgan fingerprint density at radius 1 is 1.24 bits per heavy atom. The fourth-order valence-corrected chi connectivity index (χ4v) is 2.44. The number of benzene rings is 1. The molecule has 3 N–H and O–H groups in total. The van der Waals surface area contributed by atoms with Crippen molar-refractivity contribution in [2.75, 3.05) is 13.7 Å². The number of hydrogen-bond acceptors (Lipinski definition) is 3. The van der Waals surface area contributed by atoms with Crippen LogP contribution in [0.4, 0.5) is 0 Å². The number of carbonyl (C=O) groups is 1. The van der Waals surface area contributed by atoms with Gasteiger partial charge in [-0.3, -0.25) is 4.79 Å². The second-order valence-electron chi connectivity index (χ2n) is 5.40. The third-order valence-corrected chi connectivity index (χ3v) is 3.70. The summed E-state index contributed by atoms with van der Waals surface area (Å²) in [5.41, 5.74) is 6.69. The number of nitrogens with two attached hydrogens (primary N) is 1. The van der Waals surface area contributed by atoms with E-state index < -0.39 is 0 Å². The van der Waals surface area contributed by atoms with E-state index in [9.17, 15) is 4.79 Å². The summed E-state index contributed by atoms with van der Waals surface area (Å²) in [6.45, 7) is 3.45. The number of hydrogen-bond donors (Lipinski definition) is 2. The molecule has 0 aliphatic rings. The molecule has 1 unspecified atom stereocenters. The summed E-state index contributed by atoms with van der Waals surface area (Å²) in [6.07, 6.45) is 4.83. The lowest BCUT2D eigenvalue weighted by atomic mass is 9.94. The van der Waals surface area contributed by atoms with Crippen LogP contribution in [0.5, 0.6) is 5.75 Å². The maximum Gasteiger partial charge on any atom is 0.220 e.